The first-order valence-electron chi connectivity index (χ1n) is 11.3. The van der Waals surface area contributed by atoms with E-state index in [-0.39, 0.29) is 11.8 Å². The van der Waals surface area contributed by atoms with Crippen molar-refractivity contribution >= 4 is 5.91 Å². The van der Waals surface area contributed by atoms with Crippen molar-refractivity contribution in [2.75, 3.05) is 19.7 Å². The highest BCUT2D eigenvalue weighted by atomic mass is 16.5. The summed E-state index contributed by atoms with van der Waals surface area (Å²) in [5.74, 6) is 0.227. The van der Waals surface area contributed by atoms with Crippen LogP contribution in [0.3, 0.4) is 0 Å². The van der Waals surface area contributed by atoms with Gasteiger partial charge in [-0.2, -0.15) is 0 Å². The second-order valence-corrected chi connectivity index (χ2v) is 9.44. The smallest absolute Gasteiger partial charge is 0.223 e. The number of ether oxygens (including phenoxy) is 1. The number of carbonyl (C=O) groups is 1. The van der Waals surface area contributed by atoms with E-state index < -0.39 is 17.2 Å². The number of aliphatic hydroxyl groups excluding tert-OH is 1. The predicted molar refractivity (Wildman–Crippen MR) is 111 cm³/mol. The molecule has 2 saturated heterocycles. The summed E-state index contributed by atoms with van der Waals surface area (Å²) in [5, 5.41) is 14.6. The van der Waals surface area contributed by atoms with E-state index >= 15 is 0 Å². The van der Waals surface area contributed by atoms with Gasteiger partial charge in [0.25, 0.3) is 0 Å². The van der Waals surface area contributed by atoms with Gasteiger partial charge in [-0.25, -0.2) is 0 Å². The van der Waals surface area contributed by atoms with E-state index in [1.54, 1.807) is 6.20 Å². The van der Waals surface area contributed by atoms with Crippen molar-refractivity contribution in [1.29, 1.82) is 0 Å². The van der Waals surface area contributed by atoms with Crippen molar-refractivity contribution < 1.29 is 14.6 Å². The zero-order valence-corrected chi connectivity index (χ0v) is 17.6. The quantitative estimate of drug-likeness (QED) is 0.811. The van der Waals surface area contributed by atoms with Crippen LogP contribution in [0, 0.1) is 5.92 Å². The van der Waals surface area contributed by atoms with Crippen molar-refractivity contribution in [3.05, 3.63) is 30.1 Å². The number of hydrogen-bond donors (Lipinski definition) is 2. The van der Waals surface area contributed by atoms with Gasteiger partial charge in [0, 0.05) is 44.6 Å². The van der Waals surface area contributed by atoms with Gasteiger partial charge in [-0.3, -0.25) is 14.7 Å². The SMILES string of the molecule is C[C@]1(NC(=O)C2CCCCC2)CCOC2(CCN(Cc3cccnc3)CC2)[C@@H]1O. The maximum atomic E-state index is 12.9. The van der Waals surface area contributed by atoms with E-state index in [1.165, 1.54) is 12.0 Å². The summed E-state index contributed by atoms with van der Waals surface area (Å²) in [6.07, 6.45) is 10.7. The monoisotopic (exact) mass is 401 g/mol. The zero-order valence-electron chi connectivity index (χ0n) is 17.6. The number of piperidine rings is 1. The lowest BCUT2D eigenvalue weighted by molar-refractivity contribution is -0.208. The Morgan fingerprint density at radius 3 is 2.72 bits per heavy atom. The Hall–Kier alpha value is -1.50. The molecule has 1 aromatic heterocycles. The summed E-state index contributed by atoms with van der Waals surface area (Å²) in [4.78, 5) is 19.5. The number of pyridine rings is 1. The molecule has 3 aliphatic rings. The molecule has 2 N–H and O–H groups in total. The van der Waals surface area contributed by atoms with Crippen molar-refractivity contribution in [3.8, 4) is 0 Å². The molecule has 3 heterocycles. The van der Waals surface area contributed by atoms with E-state index in [1.807, 2.05) is 19.2 Å². The van der Waals surface area contributed by atoms with Gasteiger partial charge in [-0.05, 0) is 50.7 Å². The van der Waals surface area contributed by atoms with Crippen LogP contribution >= 0.6 is 0 Å². The van der Waals surface area contributed by atoms with Crippen LogP contribution in [0.25, 0.3) is 0 Å². The van der Waals surface area contributed by atoms with Crippen LogP contribution in [0.2, 0.25) is 0 Å². The molecule has 1 saturated carbocycles. The van der Waals surface area contributed by atoms with E-state index in [4.69, 9.17) is 4.74 Å². The van der Waals surface area contributed by atoms with Gasteiger partial charge in [0.05, 0.1) is 11.1 Å². The number of aliphatic hydroxyl groups is 1. The van der Waals surface area contributed by atoms with Crippen molar-refractivity contribution in [3.63, 3.8) is 0 Å². The van der Waals surface area contributed by atoms with Gasteiger partial charge in [0.1, 0.15) is 6.10 Å². The fourth-order valence-corrected chi connectivity index (χ4v) is 5.40. The number of carbonyl (C=O) groups excluding carboxylic acids is 1. The summed E-state index contributed by atoms with van der Waals surface area (Å²) in [5.41, 5.74) is 0.0366. The van der Waals surface area contributed by atoms with Crippen LogP contribution in [-0.4, -0.2) is 57.8 Å². The third-order valence-electron chi connectivity index (χ3n) is 7.33. The van der Waals surface area contributed by atoms with E-state index in [0.717, 1.165) is 58.2 Å². The molecule has 2 atom stereocenters. The first kappa shape index (κ1) is 20.8. The average molecular weight is 402 g/mol. The average Bonchev–Trinajstić information content (AvgIpc) is 2.75. The molecule has 1 aliphatic carbocycles. The summed E-state index contributed by atoms with van der Waals surface area (Å²) >= 11 is 0. The van der Waals surface area contributed by atoms with Crippen LogP contribution in [0.1, 0.15) is 63.9 Å². The number of rotatable bonds is 4. The number of amides is 1. The minimum atomic E-state index is -0.683. The molecule has 0 radical (unpaired) electrons. The van der Waals surface area contributed by atoms with Crippen molar-refractivity contribution in [1.82, 2.24) is 15.2 Å². The Labute approximate surface area is 174 Å². The Balaban J connectivity index is 1.37. The van der Waals surface area contributed by atoms with E-state index in [2.05, 4.69) is 21.3 Å². The third kappa shape index (κ3) is 4.49. The topological polar surface area (TPSA) is 74.7 Å². The van der Waals surface area contributed by atoms with Crippen LogP contribution in [0.15, 0.2) is 24.5 Å². The van der Waals surface area contributed by atoms with Crippen molar-refractivity contribution in [2.24, 2.45) is 5.92 Å². The normalized spacial score (nSPS) is 30.9. The maximum Gasteiger partial charge on any atom is 0.223 e. The van der Waals surface area contributed by atoms with Gasteiger partial charge in [0.2, 0.25) is 5.91 Å². The number of likely N-dealkylation sites (tertiary alicyclic amines) is 1. The predicted octanol–water partition coefficient (Wildman–Crippen LogP) is 2.65. The molecule has 1 aromatic rings. The highest BCUT2D eigenvalue weighted by molar-refractivity contribution is 5.79. The lowest BCUT2D eigenvalue weighted by Gasteiger charge is -2.54. The highest BCUT2D eigenvalue weighted by Crippen LogP contribution is 2.40. The Morgan fingerprint density at radius 2 is 2.03 bits per heavy atom. The zero-order chi connectivity index (χ0) is 20.3. The fraction of sp³-hybridized carbons (Fsp3) is 0.739. The Morgan fingerprint density at radius 1 is 1.28 bits per heavy atom. The van der Waals surface area contributed by atoms with Crippen LogP contribution in [-0.2, 0) is 16.1 Å². The Kier molecular flexibility index (Phi) is 6.23. The van der Waals surface area contributed by atoms with E-state index in [0.29, 0.717) is 13.0 Å². The highest BCUT2D eigenvalue weighted by Gasteiger charge is 2.54. The van der Waals surface area contributed by atoms with Gasteiger partial charge in [0.15, 0.2) is 0 Å². The molecule has 1 amide bonds. The lowest BCUT2D eigenvalue weighted by Crippen LogP contribution is -2.69. The summed E-state index contributed by atoms with van der Waals surface area (Å²) in [6, 6.07) is 4.07. The van der Waals surface area contributed by atoms with Gasteiger partial charge in [-0.1, -0.05) is 25.3 Å². The number of nitrogens with one attached hydrogen (secondary N) is 1. The molecule has 0 unspecified atom stereocenters. The molecule has 0 aromatic carbocycles. The first-order chi connectivity index (χ1) is 14.0. The van der Waals surface area contributed by atoms with Crippen LogP contribution in [0.4, 0.5) is 0 Å². The number of aromatic nitrogens is 1. The molecule has 160 valence electrons. The third-order valence-corrected chi connectivity index (χ3v) is 7.33. The standard InChI is InChI=1S/C23H35N3O3/c1-22(25-20(27)19-7-3-2-4-8-19)11-15-29-23(21(22)28)9-13-26(14-10-23)17-18-6-5-12-24-16-18/h5-6,12,16,19,21,28H,2-4,7-11,13-15,17H2,1H3,(H,25,27)/t21-,22+/m1/s1. The molecule has 2 aliphatic heterocycles. The van der Waals surface area contributed by atoms with Crippen molar-refractivity contribution in [2.45, 2.75) is 82.1 Å². The number of nitrogens with zero attached hydrogens (tertiary/aromatic N) is 2. The molecule has 3 fully saturated rings. The van der Waals surface area contributed by atoms with Gasteiger partial charge in [-0.15, -0.1) is 0 Å². The molecular weight excluding hydrogens is 366 g/mol. The summed E-state index contributed by atoms with van der Waals surface area (Å²) in [6.45, 7) is 5.21. The van der Waals surface area contributed by atoms with E-state index in [9.17, 15) is 9.90 Å². The minimum absolute atomic E-state index is 0.105. The maximum absolute atomic E-state index is 12.9. The molecule has 6 nitrogen and oxygen atoms in total. The lowest BCUT2D eigenvalue weighted by atomic mass is 9.72. The molecule has 1 spiro atoms. The summed E-state index contributed by atoms with van der Waals surface area (Å²) in [7, 11) is 0. The largest absolute Gasteiger partial charge is 0.388 e. The molecule has 0 bridgehead atoms. The first-order valence-corrected chi connectivity index (χ1v) is 11.3. The fourth-order valence-electron chi connectivity index (χ4n) is 5.40. The second kappa shape index (κ2) is 8.70. The molecule has 4 rings (SSSR count). The van der Waals surface area contributed by atoms with Crippen LogP contribution in [0.5, 0.6) is 0 Å². The molecular formula is C23H35N3O3. The summed E-state index contributed by atoms with van der Waals surface area (Å²) < 4.78 is 6.20. The Bertz CT molecular complexity index is 684. The molecule has 29 heavy (non-hydrogen) atoms. The second-order valence-electron chi connectivity index (χ2n) is 9.44. The van der Waals surface area contributed by atoms with Crippen LogP contribution < -0.4 is 5.32 Å². The molecule has 6 heteroatoms. The minimum Gasteiger partial charge on any atom is -0.388 e. The van der Waals surface area contributed by atoms with Gasteiger partial charge < -0.3 is 15.2 Å². The van der Waals surface area contributed by atoms with Gasteiger partial charge >= 0.3 is 0 Å². The number of hydrogen-bond acceptors (Lipinski definition) is 5.